The second kappa shape index (κ2) is 6.34. The van der Waals surface area contributed by atoms with Crippen molar-refractivity contribution in [2.24, 2.45) is 0 Å². The molecule has 1 aliphatic carbocycles. The summed E-state index contributed by atoms with van der Waals surface area (Å²) in [5.41, 5.74) is 0.555. The maximum atomic E-state index is 12.7. The van der Waals surface area contributed by atoms with Gasteiger partial charge in [0.15, 0.2) is 0 Å². The Morgan fingerprint density at radius 2 is 1.70 bits per heavy atom. The highest BCUT2D eigenvalue weighted by Crippen LogP contribution is 2.42. The molecule has 0 radical (unpaired) electrons. The molecule has 2 aromatic carbocycles. The van der Waals surface area contributed by atoms with Crippen LogP contribution in [0.5, 0.6) is 5.75 Å². The molecular weight excluding hydrogens is 310 g/mol. The Kier molecular flexibility index (Phi) is 4.41. The molecule has 0 bridgehead atoms. The van der Waals surface area contributed by atoms with Gasteiger partial charge in [-0.2, -0.15) is 0 Å². The van der Waals surface area contributed by atoms with Crippen LogP contribution in [-0.4, -0.2) is 15.0 Å². The highest BCUT2D eigenvalue weighted by atomic mass is 32.2. The first kappa shape index (κ1) is 16.0. The van der Waals surface area contributed by atoms with E-state index in [1.54, 1.807) is 24.3 Å². The van der Waals surface area contributed by atoms with E-state index in [-0.39, 0.29) is 4.90 Å². The molecule has 3 rings (SSSR count). The minimum atomic E-state index is -3.56. The van der Waals surface area contributed by atoms with Crippen molar-refractivity contribution in [3.8, 4) is 5.75 Å². The molecule has 1 N–H and O–H groups in total. The van der Waals surface area contributed by atoms with Crippen LogP contribution < -0.4 is 9.46 Å². The zero-order valence-corrected chi connectivity index (χ0v) is 14.0. The van der Waals surface area contributed by atoms with Gasteiger partial charge < -0.3 is 4.74 Å². The van der Waals surface area contributed by atoms with Crippen LogP contribution in [0.1, 0.15) is 31.7 Å². The lowest BCUT2D eigenvalue weighted by Gasteiger charge is -2.42. The van der Waals surface area contributed by atoms with E-state index in [9.17, 15) is 8.42 Å². The topological polar surface area (TPSA) is 55.4 Å². The lowest BCUT2D eigenvalue weighted by Crippen LogP contribution is -2.50. The fourth-order valence-corrected chi connectivity index (χ4v) is 4.38. The number of hydrogen-bond donors (Lipinski definition) is 1. The summed E-state index contributed by atoms with van der Waals surface area (Å²) in [6, 6.07) is 16.4. The minimum absolute atomic E-state index is 0.267. The molecule has 122 valence electrons. The molecular formula is C18H21NO3S. The first-order valence-electron chi connectivity index (χ1n) is 7.88. The zero-order chi connectivity index (χ0) is 16.3. The predicted molar refractivity (Wildman–Crippen MR) is 89.9 cm³/mol. The number of rotatable bonds is 6. The molecule has 23 heavy (non-hydrogen) atoms. The fraction of sp³-hybridized carbons (Fsp3) is 0.333. The van der Waals surface area contributed by atoms with Crippen LogP contribution in [0.4, 0.5) is 0 Å². The van der Waals surface area contributed by atoms with Gasteiger partial charge in [0.25, 0.3) is 0 Å². The van der Waals surface area contributed by atoms with Crippen molar-refractivity contribution >= 4 is 10.0 Å². The van der Waals surface area contributed by atoms with Gasteiger partial charge in [-0.25, -0.2) is 13.1 Å². The molecule has 0 aromatic heterocycles. The Balaban J connectivity index is 1.85. The summed E-state index contributed by atoms with van der Waals surface area (Å²) in [5.74, 6) is 0.674. The van der Waals surface area contributed by atoms with Crippen LogP contribution in [0.15, 0.2) is 59.5 Å². The third kappa shape index (κ3) is 3.26. The monoisotopic (exact) mass is 331 g/mol. The molecule has 1 saturated carbocycles. The summed E-state index contributed by atoms with van der Waals surface area (Å²) in [7, 11) is -3.56. The molecule has 0 spiro atoms. The van der Waals surface area contributed by atoms with Gasteiger partial charge in [-0.15, -0.1) is 0 Å². The van der Waals surface area contributed by atoms with Gasteiger partial charge in [0.2, 0.25) is 10.0 Å². The van der Waals surface area contributed by atoms with Crippen molar-refractivity contribution < 1.29 is 13.2 Å². The largest absolute Gasteiger partial charge is 0.494 e. The number of sulfonamides is 1. The van der Waals surface area contributed by atoms with Gasteiger partial charge in [-0.05, 0) is 56.0 Å². The third-order valence-corrected chi connectivity index (χ3v) is 5.86. The van der Waals surface area contributed by atoms with Gasteiger partial charge in [0.1, 0.15) is 5.75 Å². The Hall–Kier alpha value is -1.85. The van der Waals surface area contributed by atoms with Gasteiger partial charge in [0, 0.05) is 0 Å². The number of benzene rings is 2. The lowest BCUT2D eigenvalue weighted by molar-refractivity contribution is 0.224. The molecule has 0 unspecified atom stereocenters. The molecule has 0 amide bonds. The van der Waals surface area contributed by atoms with Gasteiger partial charge in [0.05, 0.1) is 17.0 Å². The molecule has 2 aromatic rings. The van der Waals surface area contributed by atoms with Gasteiger partial charge in [-0.3, -0.25) is 0 Å². The number of hydrogen-bond acceptors (Lipinski definition) is 3. The van der Waals surface area contributed by atoms with E-state index in [4.69, 9.17) is 4.74 Å². The highest BCUT2D eigenvalue weighted by molar-refractivity contribution is 7.89. The highest BCUT2D eigenvalue weighted by Gasteiger charge is 2.42. The first-order chi connectivity index (χ1) is 11.1. The predicted octanol–water partition coefficient (Wildman–Crippen LogP) is 3.44. The van der Waals surface area contributed by atoms with Crippen molar-refractivity contribution in [1.82, 2.24) is 4.72 Å². The zero-order valence-electron chi connectivity index (χ0n) is 13.2. The summed E-state index contributed by atoms with van der Waals surface area (Å²) in [6.45, 7) is 2.45. The summed E-state index contributed by atoms with van der Waals surface area (Å²) < 4.78 is 33.7. The Morgan fingerprint density at radius 3 is 2.22 bits per heavy atom. The smallest absolute Gasteiger partial charge is 0.241 e. The Labute approximate surface area is 137 Å². The summed E-state index contributed by atoms with van der Waals surface area (Å²) in [6.07, 6.45) is 2.68. The number of nitrogens with one attached hydrogen (secondary N) is 1. The second-order valence-corrected chi connectivity index (χ2v) is 7.49. The van der Waals surface area contributed by atoms with E-state index in [1.807, 2.05) is 37.3 Å². The number of ether oxygens (including phenoxy) is 1. The van der Waals surface area contributed by atoms with Crippen molar-refractivity contribution in [1.29, 1.82) is 0 Å². The maximum Gasteiger partial charge on any atom is 0.241 e. The van der Waals surface area contributed by atoms with E-state index in [1.165, 1.54) is 0 Å². The molecule has 0 saturated heterocycles. The van der Waals surface area contributed by atoms with Gasteiger partial charge >= 0.3 is 0 Å². The van der Waals surface area contributed by atoms with Crippen molar-refractivity contribution in [3.63, 3.8) is 0 Å². The summed E-state index contributed by atoms with van der Waals surface area (Å²) >= 11 is 0. The average Bonchev–Trinajstić information content (AvgIpc) is 2.53. The van der Waals surface area contributed by atoms with E-state index < -0.39 is 15.6 Å². The summed E-state index contributed by atoms with van der Waals surface area (Å²) in [5, 5.41) is 0. The van der Waals surface area contributed by atoms with Crippen LogP contribution >= 0.6 is 0 Å². The quantitative estimate of drug-likeness (QED) is 0.882. The van der Waals surface area contributed by atoms with E-state index in [2.05, 4.69) is 4.72 Å². The van der Waals surface area contributed by atoms with E-state index >= 15 is 0 Å². The molecule has 5 heteroatoms. The Morgan fingerprint density at radius 1 is 1.04 bits per heavy atom. The standard InChI is InChI=1S/C18H21NO3S/c1-2-22-16-9-11-17(12-10-16)23(20,21)19-18(13-6-14-18)15-7-4-3-5-8-15/h3-5,7-12,19H,2,6,13-14H2,1H3. The van der Waals surface area contributed by atoms with E-state index in [0.717, 1.165) is 24.8 Å². The van der Waals surface area contributed by atoms with Crippen molar-refractivity contribution in [2.75, 3.05) is 6.61 Å². The normalized spacial score (nSPS) is 16.6. The maximum absolute atomic E-state index is 12.7. The second-order valence-electron chi connectivity index (χ2n) is 5.81. The molecule has 0 aliphatic heterocycles. The van der Waals surface area contributed by atoms with Crippen LogP contribution in [-0.2, 0) is 15.6 Å². The fourth-order valence-electron chi connectivity index (χ4n) is 2.93. The van der Waals surface area contributed by atoms with Crippen molar-refractivity contribution in [2.45, 2.75) is 36.6 Å². The minimum Gasteiger partial charge on any atom is -0.494 e. The molecule has 4 nitrogen and oxygen atoms in total. The molecule has 1 fully saturated rings. The Bertz CT molecular complexity index is 751. The summed E-state index contributed by atoms with van der Waals surface area (Å²) in [4.78, 5) is 0.267. The lowest BCUT2D eigenvalue weighted by atomic mass is 9.73. The van der Waals surface area contributed by atoms with Crippen molar-refractivity contribution in [3.05, 3.63) is 60.2 Å². The molecule has 0 atom stereocenters. The van der Waals surface area contributed by atoms with Gasteiger partial charge in [-0.1, -0.05) is 30.3 Å². The molecule has 1 aliphatic rings. The van der Waals surface area contributed by atoms with Crippen LogP contribution in [0.25, 0.3) is 0 Å². The van der Waals surface area contributed by atoms with Crippen LogP contribution in [0.3, 0.4) is 0 Å². The van der Waals surface area contributed by atoms with Crippen LogP contribution in [0, 0.1) is 0 Å². The SMILES string of the molecule is CCOc1ccc(S(=O)(=O)NC2(c3ccccc3)CCC2)cc1. The first-order valence-corrected chi connectivity index (χ1v) is 9.36. The van der Waals surface area contributed by atoms with Crippen LogP contribution in [0.2, 0.25) is 0 Å². The molecule has 0 heterocycles. The van der Waals surface area contributed by atoms with E-state index in [0.29, 0.717) is 12.4 Å². The average molecular weight is 331 g/mol. The third-order valence-electron chi connectivity index (χ3n) is 4.31.